The summed E-state index contributed by atoms with van der Waals surface area (Å²) in [4.78, 5) is 26.9. The van der Waals surface area contributed by atoms with E-state index in [2.05, 4.69) is 12.2 Å². The fraction of sp³-hybridized carbons (Fsp3) is 0.391. The van der Waals surface area contributed by atoms with Gasteiger partial charge in [0.15, 0.2) is 0 Å². The van der Waals surface area contributed by atoms with E-state index in [0.29, 0.717) is 13.2 Å². The number of para-hydroxylation sites is 1. The first kappa shape index (κ1) is 19.9. The summed E-state index contributed by atoms with van der Waals surface area (Å²) in [6.45, 7) is 7.15. The van der Waals surface area contributed by atoms with E-state index < -0.39 is 0 Å². The summed E-state index contributed by atoms with van der Waals surface area (Å²) >= 11 is 0. The number of nitrogens with zero attached hydrogens (tertiary/aromatic N) is 1. The number of ether oxygens (including phenoxy) is 1. The largest absolute Gasteiger partial charge is 0.494 e. The number of hydrogen-bond acceptors (Lipinski definition) is 3. The zero-order valence-electron chi connectivity index (χ0n) is 16.8. The van der Waals surface area contributed by atoms with Crippen LogP contribution in [0.2, 0.25) is 0 Å². The lowest BCUT2D eigenvalue weighted by Crippen LogP contribution is -2.28. The van der Waals surface area contributed by atoms with Crippen molar-refractivity contribution < 1.29 is 14.3 Å². The van der Waals surface area contributed by atoms with Crippen LogP contribution < -0.4 is 15.0 Å². The van der Waals surface area contributed by atoms with Crippen LogP contribution in [0.3, 0.4) is 0 Å². The maximum Gasteiger partial charge on any atom is 0.229 e. The van der Waals surface area contributed by atoms with E-state index in [9.17, 15) is 9.59 Å². The summed E-state index contributed by atoms with van der Waals surface area (Å²) in [5, 5.41) is 3.01. The third-order valence-electron chi connectivity index (χ3n) is 5.14. The zero-order chi connectivity index (χ0) is 20.1. The van der Waals surface area contributed by atoms with Gasteiger partial charge in [0.2, 0.25) is 11.8 Å². The highest BCUT2D eigenvalue weighted by molar-refractivity contribution is 6.03. The number of anilines is 2. The van der Waals surface area contributed by atoms with Crippen LogP contribution in [0, 0.1) is 19.8 Å². The SMILES string of the molecule is CCCCOc1ccc(N2C[C@@H](C(=O)Nc3c(C)cccc3C)CC2=O)cc1. The molecule has 0 saturated carbocycles. The van der Waals surface area contributed by atoms with Gasteiger partial charge in [0.25, 0.3) is 0 Å². The predicted octanol–water partition coefficient (Wildman–Crippen LogP) is 4.47. The molecule has 0 radical (unpaired) electrons. The van der Waals surface area contributed by atoms with Gasteiger partial charge in [-0.15, -0.1) is 0 Å². The van der Waals surface area contributed by atoms with Gasteiger partial charge in [0.05, 0.1) is 12.5 Å². The molecule has 2 aromatic rings. The van der Waals surface area contributed by atoms with E-state index in [1.807, 2.05) is 56.3 Å². The van der Waals surface area contributed by atoms with Crippen LogP contribution >= 0.6 is 0 Å². The molecule has 28 heavy (non-hydrogen) atoms. The molecule has 0 unspecified atom stereocenters. The van der Waals surface area contributed by atoms with Gasteiger partial charge >= 0.3 is 0 Å². The minimum absolute atomic E-state index is 0.0266. The maximum absolute atomic E-state index is 12.7. The molecule has 1 aliphatic rings. The molecule has 5 nitrogen and oxygen atoms in total. The van der Waals surface area contributed by atoms with Crippen molar-refractivity contribution in [1.82, 2.24) is 0 Å². The Balaban J connectivity index is 1.64. The number of unbranched alkanes of at least 4 members (excludes halogenated alkanes) is 1. The number of rotatable bonds is 7. The van der Waals surface area contributed by atoms with Gasteiger partial charge in [-0.05, 0) is 55.7 Å². The van der Waals surface area contributed by atoms with Crippen LogP contribution in [0.4, 0.5) is 11.4 Å². The molecule has 1 aliphatic heterocycles. The van der Waals surface area contributed by atoms with E-state index in [1.54, 1.807) is 4.90 Å². The molecule has 1 saturated heterocycles. The smallest absolute Gasteiger partial charge is 0.229 e. The van der Waals surface area contributed by atoms with Crippen LogP contribution in [0.15, 0.2) is 42.5 Å². The highest BCUT2D eigenvalue weighted by Gasteiger charge is 2.35. The van der Waals surface area contributed by atoms with Gasteiger partial charge in [-0.25, -0.2) is 0 Å². The van der Waals surface area contributed by atoms with Crippen molar-refractivity contribution in [1.29, 1.82) is 0 Å². The Morgan fingerprint density at radius 3 is 2.46 bits per heavy atom. The monoisotopic (exact) mass is 380 g/mol. The number of nitrogens with one attached hydrogen (secondary N) is 1. The third-order valence-corrected chi connectivity index (χ3v) is 5.14. The van der Waals surface area contributed by atoms with Crippen LogP contribution in [0.25, 0.3) is 0 Å². The molecule has 2 aromatic carbocycles. The molecule has 0 aromatic heterocycles. The second-order valence-corrected chi connectivity index (χ2v) is 7.36. The number of carbonyl (C=O) groups excluding carboxylic acids is 2. The first-order valence-electron chi connectivity index (χ1n) is 9.90. The number of aryl methyl sites for hydroxylation is 2. The highest BCUT2D eigenvalue weighted by Crippen LogP contribution is 2.28. The second kappa shape index (κ2) is 8.91. The quantitative estimate of drug-likeness (QED) is 0.721. The summed E-state index contributed by atoms with van der Waals surface area (Å²) in [6, 6.07) is 13.4. The van der Waals surface area contributed by atoms with E-state index >= 15 is 0 Å². The minimum atomic E-state index is -0.355. The Kier molecular flexibility index (Phi) is 6.34. The fourth-order valence-electron chi connectivity index (χ4n) is 3.43. The summed E-state index contributed by atoms with van der Waals surface area (Å²) < 4.78 is 5.67. The van der Waals surface area contributed by atoms with Crippen molar-refractivity contribution in [2.24, 2.45) is 5.92 Å². The number of amides is 2. The zero-order valence-corrected chi connectivity index (χ0v) is 16.8. The normalized spacial score (nSPS) is 16.3. The van der Waals surface area contributed by atoms with Gasteiger partial charge in [-0.1, -0.05) is 31.5 Å². The first-order chi connectivity index (χ1) is 13.5. The number of hydrogen-bond donors (Lipinski definition) is 1. The second-order valence-electron chi connectivity index (χ2n) is 7.36. The molecule has 1 atom stereocenters. The first-order valence-corrected chi connectivity index (χ1v) is 9.90. The topological polar surface area (TPSA) is 58.6 Å². The van der Waals surface area contributed by atoms with Gasteiger partial charge in [0, 0.05) is 24.3 Å². The fourth-order valence-corrected chi connectivity index (χ4v) is 3.43. The molecule has 5 heteroatoms. The number of benzene rings is 2. The summed E-state index contributed by atoms with van der Waals surface area (Å²) in [7, 11) is 0. The lowest BCUT2D eigenvalue weighted by Gasteiger charge is -2.18. The average molecular weight is 380 g/mol. The van der Waals surface area contributed by atoms with E-state index in [4.69, 9.17) is 4.74 Å². The van der Waals surface area contributed by atoms with Crippen molar-refractivity contribution in [3.63, 3.8) is 0 Å². The van der Waals surface area contributed by atoms with E-state index in [0.717, 1.165) is 41.1 Å². The molecule has 0 spiro atoms. The summed E-state index contributed by atoms with van der Waals surface area (Å²) in [6.07, 6.45) is 2.33. The number of carbonyl (C=O) groups is 2. The average Bonchev–Trinajstić information content (AvgIpc) is 3.07. The van der Waals surface area contributed by atoms with Gasteiger partial charge in [-0.2, -0.15) is 0 Å². The molecule has 1 N–H and O–H groups in total. The van der Waals surface area contributed by atoms with Crippen LogP contribution in [0.1, 0.15) is 37.3 Å². The Hall–Kier alpha value is -2.82. The lowest BCUT2D eigenvalue weighted by atomic mass is 10.1. The van der Waals surface area contributed by atoms with Gasteiger partial charge < -0.3 is 15.0 Å². The summed E-state index contributed by atoms with van der Waals surface area (Å²) in [5.41, 5.74) is 3.68. The molecule has 0 bridgehead atoms. The Morgan fingerprint density at radius 2 is 1.82 bits per heavy atom. The molecule has 2 amide bonds. The van der Waals surface area contributed by atoms with E-state index in [-0.39, 0.29) is 24.2 Å². The van der Waals surface area contributed by atoms with Crippen molar-refractivity contribution >= 4 is 23.2 Å². The maximum atomic E-state index is 12.7. The van der Waals surface area contributed by atoms with Crippen LogP contribution in [-0.4, -0.2) is 25.0 Å². The Labute approximate surface area is 166 Å². The lowest BCUT2D eigenvalue weighted by molar-refractivity contribution is -0.122. The van der Waals surface area contributed by atoms with Gasteiger partial charge in [0.1, 0.15) is 5.75 Å². The Morgan fingerprint density at radius 1 is 1.14 bits per heavy atom. The Bertz CT molecular complexity index is 825. The van der Waals surface area contributed by atoms with Crippen LogP contribution in [0.5, 0.6) is 5.75 Å². The molecular formula is C23H28N2O3. The van der Waals surface area contributed by atoms with Crippen molar-refractivity contribution in [3.8, 4) is 5.75 Å². The molecule has 148 valence electrons. The molecular weight excluding hydrogens is 352 g/mol. The minimum Gasteiger partial charge on any atom is -0.494 e. The molecule has 1 heterocycles. The molecule has 3 rings (SSSR count). The standard InChI is InChI=1S/C23H28N2O3/c1-4-5-13-28-20-11-9-19(10-12-20)25-15-18(14-21(25)26)23(27)24-22-16(2)7-6-8-17(22)3/h6-12,18H,4-5,13-15H2,1-3H3,(H,24,27)/t18-/m0/s1. The van der Waals surface area contributed by atoms with Crippen molar-refractivity contribution in [2.75, 3.05) is 23.4 Å². The molecule has 0 aliphatic carbocycles. The van der Waals surface area contributed by atoms with E-state index in [1.165, 1.54) is 0 Å². The third kappa shape index (κ3) is 4.53. The molecule has 1 fully saturated rings. The van der Waals surface area contributed by atoms with Gasteiger partial charge in [-0.3, -0.25) is 9.59 Å². The van der Waals surface area contributed by atoms with Crippen molar-refractivity contribution in [2.45, 2.75) is 40.0 Å². The summed E-state index contributed by atoms with van der Waals surface area (Å²) in [5.74, 6) is 0.314. The van der Waals surface area contributed by atoms with Crippen LogP contribution in [-0.2, 0) is 9.59 Å². The van der Waals surface area contributed by atoms with Crippen molar-refractivity contribution in [3.05, 3.63) is 53.6 Å². The predicted molar refractivity (Wildman–Crippen MR) is 112 cm³/mol. The highest BCUT2D eigenvalue weighted by atomic mass is 16.5.